The highest BCUT2D eigenvalue weighted by atomic mass is 16.1. The molecule has 0 radical (unpaired) electrons. The van der Waals surface area contributed by atoms with Gasteiger partial charge >= 0.3 is 0 Å². The maximum absolute atomic E-state index is 11.9. The van der Waals surface area contributed by atoms with E-state index in [4.69, 9.17) is 0 Å². The molecule has 2 nitrogen and oxygen atoms in total. The van der Waals surface area contributed by atoms with E-state index in [9.17, 15) is 4.79 Å². The van der Waals surface area contributed by atoms with E-state index in [-0.39, 0.29) is 11.8 Å². The van der Waals surface area contributed by atoms with Crippen LogP contribution in [0.3, 0.4) is 0 Å². The summed E-state index contributed by atoms with van der Waals surface area (Å²) in [4.78, 5) is 11.9. The molecule has 19 heavy (non-hydrogen) atoms. The summed E-state index contributed by atoms with van der Waals surface area (Å²) in [5.41, 5.74) is 2.03. The standard InChI is InChI=1S/C17H19NO/c1-14(15-8-4-2-5-9-15)18-13-12-17(19)16-10-6-3-7-11-16/h2-11,14,18H,12-13H2,1H3/t14-/m1/s1. The summed E-state index contributed by atoms with van der Waals surface area (Å²) in [7, 11) is 0. The molecule has 0 amide bonds. The highest BCUT2D eigenvalue weighted by Crippen LogP contribution is 2.11. The van der Waals surface area contributed by atoms with Crippen molar-refractivity contribution in [2.75, 3.05) is 6.54 Å². The Morgan fingerprint density at radius 2 is 1.58 bits per heavy atom. The summed E-state index contributed by atoms with van der Waals surface area (Å²) in [6, 6.07) is 20.0. The van der Waals surface area contributed by atoms with Crippen LogP contribution in [0.25, 0.3) is 0 Å². The minimum Gasteiger partial charge on any atom is -0.310 e. The quantitative estimate of drug-likeness (QED) is 0.797. The van der Waals surface area contributed by atoms with Gasteiger partial charge in [0.2, 0.25) is 0 Å². The van der Waals surface area contributed by atoms with Crippen molar-refractivity contribution >= 4 is 5.78 Å². The lowest BCUT2D eigenvalue weighted by Crippen LogP contribution is -2.22. The van der Waals surface area contributed by atoms with Gasteiger partial charge in [0.25, 0.3) is 0 Å². The van der Waals surface area contributed by atoms with Crippen LogP contribution in [0.1, 0.15) is 35.3 Å². The summed E-state index contributed by atoms with van der Waals surface area (Å²) < 4.78 is 0. The van der Waals surface area contributed by atoms with E-state index in [2.05, 4.69) is 24.4 Å². The highest BCUT2D eigenvalue weighted by Gasteiger charge is 2.07. The van der Waals surface area contributed by atoms with Gasteiger partial charge in [0.15, 0.2) is 5.78 Å². The van der Waals surface area contributed by atoms with Crippen molar-refractivity contribution in [2.24, 2.45) is 0 Å². The molecule has 0 fully saturated rings. The SMILES string of the molecule is C[C@@H](NCCC(=O)c1ccccc1)c1ccccc1. The molecule has 0 aromatic heterocycles. The van der Waals surface area contributed by atoms with E-state index >= 15 is 0 Å². The Morgan fingerprint density at radius 3 is 2.21 bits per heavy atom. The van der Waals surface area contributed by atoms with Crippen molar-refractivity contribution in [3.8, 4) is 0 Å². The van der Waals surface area contributed by atoms with E-state index in [0.29, 0.717) is 13.0 Å². The fourth-order valence-electron chi connectivity index (χ4n) is 2.03. The fraction of sp³-hybridized carbons (Fsp3) is 0.235. The lowest BCUT2D eigenvalue weighted by atomic mass is 10.1. The highest BCUT2D eigenvalue weighted by molar-refractivity contribution is 5.96. The van der Waals surface area contributed by atoms with Crippen molar-refractivity contribution in [3.05, 3.63) is 71.8 Å². The Labute approximate surface area is 114 Å². The summed E-state index contributed by atoms with van der Waals surface area (Å²) >= 11 is 0. The number of carbonyl (C=O) groups is 1. The molecular formula is C17H19NO. The van der Waals surface area contributed by atoms with Crippen LogP contribution in [0.4, 0.5) is 0 Å². The predicted molar refractivity (Wildman–Crippen MR) is 78.2 cm³/mol. The minimum atomic E-state index is 0.188. The van der Waals surface area contributed by atoms with E-state index in [1.165, 1.54) is 5.56 Å². The number of hydrogen-bond acceptors (Lipinski definition) is 2. The number of nitrogens with one attached hydrogen (secondary N) is 1. The van der Waals surface area contributed by atoms with E-state index < -0.39 is 0 Å². The monoisotopic (exact) mass is 253 g/mol. The fourth-order valence-corrected chi connectivity index (χ4v) is 2.03. The average molecular weight is 253 g/mol. The predicted octanol–water partition coefficient (Wildman–Crippen LogP) is 3.61. The molecule has 1 N–H and O–H groups in total. The van der Waals surface area contributed by atoms with E-state index in [1.54, 1.807) is 0 Å². The smallest absolute Gasteiger partial charge is 0.164 e. The van der Waals surface area contributed by atoms with Gasteiger partial charge in [0, 0.05) is 24.6 Å². The maximum Gasteiger partial charge on any atom is 0.164 e. The van der Waals surface area contributed by atoms with Crippen LogP contribution in [0.5, 0.6) is 0 Å². The first-order valence-electron chi connectivity index (χ1n) is 6.64. The van der Waals surface area contributed by atoms with Crippen LogP contribution in [0, 0.1) is 0 Å². The molecule has 0 bridgehead atoms. The molecule has 0 aliphatic rings. The van der Waals surface area contributed by atoms with Crippen molar-refractivity contribution in [1.29, 1.82) is 0 Å². The first-order chi connectivity index (χ1) is 9.27. The molecule has 0 saturated heterocycles. The van der Waals surface area contributed by atoms with Gasteiger partial charge in [-0.25, -0.2) is 0 Å². The molecule has 98 valence electrons. The lowest BCUT2D eigenvalue weighted by molar-refractivity contribution is 0.0982. The second-order valence-corrected chi connectivity index (χ2v) is 4.63. The first kappa shape index (κ1) is 13.5. The molecular weight excluding hydrogens is 234 g/mol. The molecule has 0 unspecified atom stereocenters. The lowest BCUT2D eigenvalue weighted by Gasteiger charge is -2.13. The van der Waals surface area contributed by atoms with Crippen LogP contribution >= 0.6 is 0 Å². The Morgan fingerprint density at radius 1 is 1.00 bits per heavy atom. The summed E-state index contributed by atoms with van der Waals surface area (Å²) in [6.07, 6.45) is 0.529. The van der Waals surface area contributed by atoms with Gasteiger partial charge in [-0.3, -0.25) is 4.79 Å². The molecule has 0 saturated carbocycles. The Hall–Kier alpha value is -1.93. The Bertz CT molecular complexity index is 507. The van der Waals surface area contributed by atoms with Crippen LogP contribution in [-0.4, -0.2) is 12.3 Å². The zero-order valence-electron chi connectivity index (χ0n) is 11.2. The third-order valence-electron chi connectivity index (χ3n) is 3.20. The van der Waals surface area contributed by atoms with Gasteiger partial charge in [-0.1, -0.05) is 60.7 Å². The largest absolute Gasteiger partial charge is 0.310 e. The third kappa shape index (κ3) is 4.04. The normalized spacial score (nSPS) is 12.1. The number of hydrogen-bond donors (Lipinski definition) is 1. The van der Waals surface area contributed by atoms with Gasteiger partial charge in [-0.05, 0) is 12.5 Å². The number of rotatable bonds is 6. The molecule has 0 aliphatic carbocycles. The molecule has 0 spiro atoms. The van der Waals surface area contributed by atoms with Crippen LogP contribution in [0.2, 0.25) is 0 Å². The molecule has 2 aromatic rings. The van der Waals surface area contributed by atoms with Crippen molar-refractivity contribution in [3.63, 3.8) is 0 Å². The van der Waals surface area contributed by atoms with Crippen molar-refractivity contribution < 1.29 is 4.79 Å². The van der Waals surface area contributed by atoms with Gasteiger partial charge in [0.1, 0.15) is 0 Å². The molecule has 1 atom stereocenters. The molecule has 2 aromatic carbocycles. The zero-order chi connectivity index (χ0) is 13.5. The summed E-state index contributed by atoms with van der Waals surface area (Å²) in [5.74, 6) is 0.188. The number of ketones is 1. The topological polar surface area (TPSA) is 29.1 Å². The summed E-state index contributed by atoms with van der Waals surface area (Å²) in [6.45, 7) is 2.81. The van der Waals surface area contributed by atoms with Crippen molar-refractivity contribution in [1.82, 2.24) is 5.32 Å². The van der Waals surface area contributed by atoms with E-state index in [0.717, 1.165) is 5.56 Å². The number of carbonyl (C=O) groups excluding carboxylic acids is 1. The third-order valence-corrected chi connectivity index (χ3v) is 3.20. The number of Topliss-reactive ketones (excluding diaryl/α,β-unsaturated/α-hetero) is 1. The maximum atomic E-state index is 11.9. The minimum absolute atomic E-state index is 0.188. The summed E-state index contributed by atoms with van der Waals surface area (Å²) in [5, 5.41) is 3.38. The van der Waals surface area contributed by atoms with Crippen LogP contribution in [-0.2, 0) is 0 Å². The van der Waals surface area contributed by atoms with Gasteiger partial charge < -0.3 is 5.32 Å². The van der Waals surface area contributed by atoms with Gasteiger partial charge in [-0.2, -0.15) is 0 Å². The molecule has 2 heteroatoms. The molecule has 0 aliphatic heterocycles. The van der Waals surface area contributed by atoms with Crippen molar-refractivity contribution in [2.45, 2.75) is 19.4 Å². The van der Waals surface area contributed by atoms with Crippen LogP contribution in [0.15, 0.2) is 60.7 Å². The zero-order valence-corrected chi connectivity index (χ0v) is 11.2. The Kier molecular flexibility index (Phi) is 4.87. The first-order valence-corrected chi connectivity index (χ1v) is 6.64. The molecule has 0 heterocycles. The Balaban J connectivity index is 1.79. The molecule has 2 rings (SSSR count). The van der Waals surface area contributed by atoms with Crippen LogP contribution < -0.4 is 5.32 Å². The van der Waals surface area contributed by atoms with Gasteiger partial charge in [0.05, 0.1) is 0 Å². The average Bonchev–Trinajstić information content (AvgIpc) is 2.49. The van der Waals surface area contributed by atoms with E-state index in [1.807, 2.05) is 48.5 Å². The second kappa shape index (κ2) is 6.86. The van der Waals surface area contributed by atoms with Gasteiger partial charge in [-0.15, -0.1) is 0 Å². The number of benzene rings is 2. The second-order valence-electron chi connectivity index (χ2n) is 4.63.